The average molecular weight is 383 g/mol. The Labute approximate surface area is 156 Å². The number of fused-ring (bicyclic) bond motifs is 2. The first-order valence-corrected chi connectivity index (χ1v) is 8.76. The summed E-state index contributed by atoms with van der Waals surface area (Å²) in [5, 5.41) is 11.0. The Morgan fingerprint density at radius 2 is 2.11 bits per heavy atom. The van der Waals surface area contributed by atoms with E-state index in [1.165, 1.54) is 23.5 Å². The van der Waals surface area contributed by atoms with Gasteiger partial charge in [0.2, 0.25) is 6.79 Å². The summed E-state index contributed by atoms with van der Waals surface area (Å²) in [4.78, 5) is 27.8. The largest absolute Gasteiger partial charge is 0.454 e. The molecule has 0 radical (unpaired) electrons. The van der Waals surface area contributed by atoms with Crippen molar-refractivity contribution in [3.8, 4) is 11.5 Å². The molecule has 136 valence electrons. The molecule has 1 aliphatic heterocycles. The maximum absolute atomic E-state index is 12.6. The number of rotatable bonds is 4. The molecule has 27 heavy (non-hydrogen) atoms. The van der Waals surface area contributed by atoms with Gasteiger partial charge in [-0.2, -0.15) is 4.99 Å². The van der Waals surface area contributed by atoms with Crippen molar-refractivity contribution in [2.75, 3.05) is 6.79 Å². The standard InChI is InChI=1S/C18H13N3O5S/c1-2-7-20-13-5-4-12(21(23)24)9-16(13)27-18(20)19-17(22)11-3-6-14-15(8-11)26-10-25-14/h2-6,8-9H,1,7,10H2. The number of aromatic nitrogens is 1. The molecule has 3 aromatic rings. The van der Waals surface area contributed by atoms with E-state index in [4.69, 9.17) is 9.47 Å². The zero-order valence-electron chi connectivity index (χ0n) is 14.0. The fraction of sp³-hybridized carbons (Fsp3) is 0.111. The topological polar surface area (TPSA) is 96.0 Å². The quantitative estimate of drug-likeness (QED) is 0.391. The lowest BCUT2D eigenvalue weighted by atomic mass is 10.2. The molecule has 0 saturated heterocycles. The predicted octanol–water partition coefficient (Wildman–Crippen LogP) is 3.27. The van der Waals surface area contributed by atoms with Crippen molar-refractivity contribution in [1.82, 2.24) is 4.57 Å². The van der Waals surface area contributed by atoms with Crippen LogP contribution in [0.5, 0.6) is 11.5 Å². The van der Waals surface area contributed by atoms with Gasteiger partial charge in [0.05, 0.1) is 15.1 Å². The van der Waals surface area contributed by atoms with Gasteiger partial charge < -0.3 is 14.0 Å². The SMILES string of the molecule is C=CCn1c(=NC(=O)c2ccc3c(c2)OCO3)sc2cc([N+](=O)[O-])ccc21. The summed E-state index contributed by atoms with van der Waals surface area (Å²) in [6.45, 7) is 4.27. The maximum Gasteiger partial charge on any atom is 0.279 e. The minimum Gasteiger partial charge on any atom is -0.454 e. The van der Waals surface area contributed by atoms with Crippen LogP contribution in [0.3, 0.4) is 0 Å². The Kier molecular flexibility index (Phi) is 4.21. The van der Waals surface area contributed by atoms with E-state index in [-0.39, 0.29) is 12.5 Å². The van der Waals surface area contributed by atoms with Crippen LogP contribution in [0, 0.1) is 10.1 Å². The maximum atomic E-state index is 12.6. The molecule has 1 amide bonds. The molecule has 1 aromatic heterocycles. The van der Waals surface area contributed by atoms with Crippen LogP contribution in [0.15, 0.2) is 54.0 Å². The molecule has 8 nitrogen and oxygen atoms in total. The monoisotopic (exact) mass is 383 g/mol. The number of nitro benzene ring substituents is 1. The molecule has 0 N–H and O–H groups in total. The number of benzene rings is 2. The van der Waals surface area contributed by atoms with Crippen LogP contribution in [0.1, 0.15) is 10.4 Å². The first kappa shape index (κ1) is 17.0. The molecule has 2 aromatic carbocycles. The summed E-state index contributed by atoms with van der Waals surface area (Å²) >= 11 is 1.21. The lowest BCUT2D eigenvalue weighted by Gasteiger charge is -2.01. The summed E-state index contributed by atoms with van der Waals surface area (Å²) < 4.78 is 13.0. The number of ether oxygens (including phenoxy) is 2. The van der Waals surface area contributed by atoms with Crippen molar-refractivity contribution in [3.05, 3.63) is 69.5 Å². The number of nitro groups is 1. The van der Waals surface area contributed by atoms with E-state index in [9.17, 15) is 14.9 Å². The smallest absolute Gasteiger partial charge is 0.279 e. The highest BCUT2D eigenvalue weighted by atomic mass is 32.1. The Morgan fingerprint density at radius 1 is 1.30 bits per heavy atom. The predicted molar refractivity (Wildman–Crippen MR) is 99.1 cm³/mol. The zero-order valence-corrected chi connectivity index (χ0v) is 14.8. The van der Waals surface area contributed by atoms with Crippen molar-refractivity contribution >= 4 is 33.1 Å². The number of hydrogen-bond donors (Lipinski definition) is 0. The molecular formula is C18H13N3O5S. The molecule has 0 fully saturated rings. The number of thiazole rings is 1. The second-order valence-electron chi connectivity index (χ2n) is 5.68. The van der Waals surface area contributed by atoms with Crippen LogP contribution in [-0.4, -0.2) is 22.2 Å². The highest BCUT2D eigenvalue weighted by Crippen LogP contribution is 2.32. The number of amides is 1. The molecule has 2 heterocycles. The molecule has 0 atom stereocenters. The van der Waals surface area contributed by atoms with Gasteiger partial charge in [0.1, 0.15) is 0 Å². The first-order valence-electron chi connectivity index (χ1n) is 7.94. The van der Waals surface area contributed by atoms with Crippen LogP contribution >= 0.6 is 11.3 Å². The molecule has 0 unspecified atom stereocenters. The van der Waals surface area contributed by atoms with Gasteiger partial charge in [-0.3, -0.25) is 14.9 Å². The third-order valence-electron chi connectivity index (χ3n) is 4.01. The Balaban J connectivity index is 1.81. The van der Waals surface area contributed by atoms with E-state index in [0.29, 0.717) is 33.1 Å². The Bertz CT molecular complexity index is 1160. The van der Waals surface area contributed by atoms with E-state index in [1.807, 2.05) is 0 Å². The second kappa shape index (κ2) is 6.69. The average Bonchev–Trinajstić information content (AvgIpc) is 3.25. The van der Waals surface area contributed by atoms with Gasteiger partial charge in [-0.1, -0.05) is 17.4 Å². The molecule has 0 aliphatic carbocycles. The van der Waals surface area contributed by atoms with Crippen LogP contribution < -0.4 is 14.3 Å². The second-order valence-corrected chi connectivity index (χ2v) is 6.69. The summed E-state index contributed by atoms with van der Waals surface area (Å²) in [6, 6.07) is 9.43. The van der Waals surface area contributed by atoms with Crippen molar-refractivity contribution in [1.29, 1.82) is 0 Å². The molecule has 0 saturated carbocycles. The van der Waals surface area contributed by atoms with Crippen molar-refractivity contribution < 1.29 is 19.2 Å². The number of non-ortho nitro benzene ring substituents is 1. The molecular weight excluding hydrogens is 370 g/mol. The molecule has 0 bridgehead atoms. The highest BCUT2D eigenvalue weighted by molar-refractivity contribution is 7.16. The lowest BCUT2D eigenvalue weighted by molar-refractivity contribution is -0.384. The van der Waals surface area contributed by atoms with E-state index < -0.39 is 10.8 Å². The highest BCUT2D eigenvalue weighted by Gasteiger charge is 2.17. The summed E-state index contributed by atoms with van der Waals surface area (Å²) in [6.07, 6.45) is 1.68. The number of nitrogens with zero attached hydrogens (tertiary/aromatic N) is 3. The van der Waals surface area contributed by atoms with Gasteiger partial charge in [-0.15, -0.1) is 6.58 Å². The minimum absolute atomic E-state index is 0.0110. The van der Waals surface area contributed by atoms with Crippen LogP contribution in [0.25, 0.3) is 10.2 Å². The van der Waals surface area contributed by atoms with Gasteiger partial charge in [-0.05, 0) is 24.3 Å². The van der Waals surface area contributed by atoms with Crippen molar-refractivity contribution in [2.45, 2.75) is 6.54 Å². The van der Waals surface area contributed by atoms with Crippen LogP contribution in [0.4, 0.5) is 5.69 Å². The van der Waals surface area contributed by atoms with Gasteiger partial charge >= 0.3 is 0 Å². The van der Waals surface area contributed by atoms with E-state index in [0.717, 1.165) is 5.52 Å². The first-order chi connectivity index (χ1) is 13.1. The zero-order chi connectivity index (χ0) is 19.0. The summed E-state index contributed by atoms with van der Waals surface area (Å²) in [5.41, 5.74) is 1.11. The third kappa shape index (κ3) is 3.08. The number of carbonyl (C=O) groups is 1. The van der Waals surface area contributed by atoms with Gasteiger partial charge in [0.15, 0.2) is 16.3 Å². The van der Waals surface area contributed by atoms with Crippen LogP contribution in [-0.2, 0) is 6.54 Å². The summed E-state index contributed by atoms with van der Waals surface area (Å²) in [5.74, 6) is 0.650. The Hall–Kier alpha value is -3.46. The molecule has 9 heteroatoms. The number of hydrogen-bond acceptors (Lipinski definition) is 6. The fourth-order valence-electron chi connectivity index (χ4n) is 2.75. The van der Waals surface area contributed by atoms with Gasteiger partial charge in [0.25, 0.3) is 11.6 Å². The number of carbonyl (C=O) groups excluding carboxylic acids is 1. The summed E-state index contributed by atoms with van der Waals surface area (Å²) in [7, 11) is 0. The van der Waals surface area contributed by atoms with Gasteiger partial charge in [0, 0.05) is 24.2 Å². The molecule has 0 spiro atoms. The van der Waals surface area contributed by atoms with Crippen molar-refractivity contribution in [2.24, 2.45) is 4.99 Å². The van der Waals surface area contributed by atoms with E-state index in [1.54, 1.807) is 34.9 Å². The van der Waals surface area contributed by atoms with Gasteiger partial charge in [-0.25, -0.2) is 0 Å². The van der Waals surface area contributed by atoms with Crippen LogP contribution in [0.2, 0.25) is 0 Å². The number of allylic oxidation sites excluding steroid dienone is 1. The lowest BCUT2D eigenvalue weighted by Crippen LogP contribution is -2.16. The minimum atomic E-state index is -0.453. The third-order valence-corrected chi connectivity index (χ3v) is 5.05. The Morgan fingerprint density at radius 3 is 2.89 bits per heavy atom. The molecule has 4 rings (SSSR count). The fourth-order valence-corrected chi connectivity index (χ4v) is 3.82. The van der Waals surface area contributed by atoms with E-state index in [2.05, 4.69) is 11.6 Å². The van der Waals surface area contributed by atoms with Crippen molar-refractivity contribution in [3.63, 3.8) is 0 Å². The normalized spacial score (nSPS) is 13.1. The molecule has 1 aliphatic rings. The van der Waals surface area contributed by atoms with E-state index >= 15 is 0 Å².